The second-order valence-electron chi connectivity index (χ2n) is 5.81. The van der Waals surface area contributed by atoms with Crippen molar-refractivity contribution >= 4 is 11.1 Å². The molecule has 2 heterocycles. The largest absolute Gasteiger partial charge is 0.422 e. The molecule has 0 atom stereocenters. The zero-order valence-corrected chi connectivity index (χ0v) is 13.3. The average Bonchev–Trinajstić information content (AvgIpc) is 3.15. The maximum absolute atomic E-state index is 12.7. The first-order valence-corrected chi connectivity index (χ1v) is 7.93. The van der Waals surface area contributed by atoms with Crippen molar-refractivity contribution in [2.45, 2.75) is 19.8 Å². The molecule has 4 rings (SSSR count). The summed E-state index contributed by atoms with van der Waals surface area (Å²) in [5, 5.41) is 3.07. The predicted molar refractivity (Wildman–Crippen MR) is 92.5 cm³/mol. The third-order valence-corrected chi connectivity index (χ3v) is 4.17. The minimum absolute atomic E-state index is 0.102. The van der Waals surface area contributed by atoms with E-state index in [9.17, 15) is 4.79 Å². The lowest BCUT2D eigenvalue weighted by atomic mass is 10.1. The number of H-pyrrole nitrogens is 1. The normalized spacial score (nSPS) is 11.2. The van der Waals surface area contributed by atoms with Crippen LogP contribution in [0.25, 0.3) is 17.1 Å². The minimum atomic E-state index is -0.102. The summed E-state index contributed by atoms with van der Waals surface area (Å²) < 4.78 is 7.07. The quantitative estimate of drug-likeness (QED) is 0.627. The Morgan fingerprint density at radius 1 is 1.04 bits per heavy atom. The van der Waals surface area contributed by atoms with E-state index < -0.39 is 0 Å². The fourth-order valence-electron chi connectivity index (χ4n) is 2.88. The molecule has 0 aliphatic heterocycles. The summed E-state index contributed by atoms with van der Waals surface area (Å²) in [4.78, 5) is 17.1. The van der Waals surface area contributed by atoms with Crippen molar-refractivity contribution in [3.8, 4) is 6.01 Å². The van der Waals surface area contributed by atoms with Crippen LogP contribution in [0.2, 0.25) is 0 Å². The SMILES string of the molecule is Cc1[nH]n(-c2nc3ccccc3o2)c(=O)c1CCc1ccccc1. The van der Waals surface area contributed by atoms with Crippen molar-refractivity contribution < 1.29 is 4.42 Å². The zero-order valence-electron chi connectivity index (χ0n) is 13.3. The molecule has 24 heavy (non-hydrogen) atoms. The Bertz CT molecular complexity index is 1010. The molecule has 0 amide bonds. The van der Waals surface area contributed by atoms with Crippen LogP contribution in [0.15, 0.2) is 63.8 Å². The highest BCUT2D eigenvalue weighted by molar-refractivity contribution is 5.73. The van der Waals surface area contributed by atoms with Crippen molar-refractivity contribution in [1.29, 1.82) is 0 Å². The number of hydrogen-bond acceptors (Lipinski definition) is 3. The Morgan fingerprint density at radius 2 is 1.79 bits per heavy atom. The number of benzene rings is 2. The highest BCUT2D eigenvalue weighted by Gasteiger charge is 2.16. The van der Waals surface area contributed by atoms with E-state index >= 15 is 0 Å². The molecule has 0 saturated heterocycles. The number of hydrogen-bond donors (Lipinski definition) is 1. The monoisotopic (exact) mass is 319 g/mol. The lowest BCUT2D eigenvalue weighted by Crippen LogP contribution is -2.18. The molecule has 120 valence electrons. The molecule has 0 saturated carbocycles. The Balaban J connectivity index is 1.67. The van der Waals surface area contributed by atoms with Gasteiger partial charge in [-0.3, -0.25) is 9.89 Å². The number of nitrogens with zero attached hydrogens (tertiary/aromatic N) is 2. The molecule has 0 bridgehead atoms. The van der Waals surface area contributed by atoms with Crippen LogP contribution in [0.1, 0.15) is 16.8 Å². The molecular formula is C19H17N3O2. The molecule has 0 aliphatic rings. The third kappa shape index (κ3) is 2.54. The van der Waals surface area contributed by atoms with Crippen LogP contribution in [0, 0.1) is 6.92 Å². The van der Waals surface area contributed by atoms with Gasteiger partial charge >= 0.3 is 6.01 Å². The summed E-state index contributed by atoms with van der Waals surface area (Å²) in [6, 6.07) is 17.9. The van der Waals surface area contributed by atoms with Crippen LogP contribution < -0.4 is 5.56 Å². The van der Waals surface area contributed by atoms with Gasteiger partial charge in [0.1, 0.15) is 5.52 Å². The lowest BCUT2D eigenvalue weighted by Gasteiger charge is -1.99. The van der Waals surface area contributed by atoms with E-state index in [0.717, 1.165) is 23.2 Å². The second kappa shape index (κ2) is 5.85. The molecule has 0 fully saturated rings. The highest BCUT2D eigenvalue weighted by atomic mass is 16.4. The van der Waals surface area contributed by atoms with Crippen LogP contribution in [-0.4, -0.2) is 14.8 Å². The molecule has 5 nitrogen and oxygen atoms in total. The van der Waals surface area contributed by atoms with Gasteiger partial charge in [0.2, 0.25) is 0 Å². The van der Waals surface area contributed by atoms with Crippen LogP contribution in [0.5, 0.6) is 0 Å². The van der Waals surface area contributed by atoms with Gasteiger partial charge in [0.05, 0.1) is 0 Å². The number of aromatic amines is 1. The molecule has 1 N–H and O–H groups in total. The summed E-state index contributed by atoms with van der Waals surface area (Å²) in [6.07, 6.45) is 1.50. The van der Waals surface area contributed by atoms with Crippen molar-refractivity contribution in [3.05, 3.63) is 81.8 Å². The topological polar surface area (TPSA) is 63.8 Å². The minimum Gasteiger partial charge on any atom is -0.422 e. The standard InChI is InChI=1S/C19H17N3O2/c1-13-15(12-11-14-7-3-2-4-8-14)18(23)22(21-13)19-20-16-9-5-6-10-17(16)24-19/h2-10,21H,11-12H2,1H3. The molecule has 0 spiro atoms. The van der Waals surface area contributed by atoms with E-state index in [1.807, 2.05) is 49.4 Å². The molecule has 2 aromatic carbocycles. The van der Waals surface area contributed by atoms with Gasteiger partial charge < -0.3 is 4.42 Å². The predicted octanol–water partition coefficient (Wildman–Crippen LogP) is 3.40. The number of aromatic nitrogens is 3. The number of para-hydroxylation sites is 2. The summed E-state index contributed by atoms with van der Waals surface area (Å²) >= 11 is 0. The Morgan fingerprint density at radius 3 is 2.58 bits per heavy atom. The van der Waals surface area contributed by atoms with E-state index in [0.29, 0.717) is 12.0 Å². The maximum atomic E-state index is 12.7. The van der Waals surface area contributed by atoms with Crippen LogP contribution in [-0.2, 0) is 12.8 Å². The average molecular weight is 319 g/mol. The Kier molecular flexibility index (Phi) is 3.54. The van der Waals surface area contributed by atoms with Crippen molar-refractivity contribution in [2.24, 2.45) is 0 Å². The van der Waals surface area contributed by atoms with Gasteiger partial charge in [-0.05, 0) is 37.5 Å². The number of nitrogens with one attached hydrogen (secondary N) is 1. The maximum Gasteiger partial charge on any atom is 0.325 e. The molecule has 0 radical (unpaired) electrons. The van der Waals surface area contributed by atoms with E-state index in [-0.39, 0.29) is 11.6 Å². The first-order valence-electron chi connectivity index (χ1n) is 7.93. The van der Waals surface area contributed by atoms with Gasteiger partial charge in [0.25, 0.3) is 5.56 Å². The molecule has 4 aromatic rings. The fourth-order valence-corrected chi connectivity index (χ4v) is 2.88. The van der Waals surface area contributed by atoms with Crippen molar-refractivity contribution in [3.63, 3.8) is 0 Å². The fraction of sp³-hybridized carbons (Fsp3) is 0.158. The Labute approximate surface area is 138 Å². The molecule has 0 aliphatic carbocycles. The van der Waals surface area contributed by atoms with E-state index in [1.165, 1.54) is 10.2 Å². The number of fused-ring (bicyclic) bond motifs is 1. The van der Waals surface area contributed by atoms with Crippen LogP contribution >= 0.6 is 0 Å². The molecule has 5 heteroatoms. The second-order valence-corrected chi connectivity index (χ2v) is 5.81. The van der Waals surface area contributed by atoms with E-state index in [2.05, 4.69) is 22.2 Å². The van der Waals surface area contributed by atoms with Gasteiger partial charge in [0.15, 0.2) is 5.58 Å². The number of aryl methyl sites for hydroxylation is 2. The molecular weight excluding hydrogens is 302 g/mol. The Hall–Kier alpha value is -3.08. The smallest absolute Gasteiger partial charge is 0.325 e. The summed E-state index contributed by atoms with van der Waals surface area (Å²) in [7, 11) is 0. The third-order valence-electron chi connectivity index (χ3n) is 4.17. The number of rotatable bonds is 4. The molecule has 2 aromatic heterocycles. The lowest BCUT2D eigenvalue weighted by molar-refractivity contribution is 0.535. The summed E-state index contributed by atoms with van der Waals surface area (Å²) in [5.41, 5.74) is 4.12. The van der Waals surface area contributed by atoms with Gasteiger partial charge in [0, 0.05) is 11.3 Å². The zero-order chi connectivity index (χ0) is 16.5. The van der Waals surface area contributed by atoms with Crippen molar-refractivity contribution in [2.75, 3.05) is 0 Å². The van der Waals surface area contributed by atoms with E-state index in [1.54, 1.807) is 0 Å². The highest BCUT2D eigenvalue weighted by Crippen LogP contribution is 2.17. The van der Waals surface area contributed by atoms with Gasteiger partial charge in [-0.2, -0.15) is 9.67 Å². The first kappa shape index (κ1) is 14.5. The van der Waals surface area contributed by atoms with Gasteiger partial charge in [-0.1, -0.05) is 42.5 Å². The van der Waals surface area contributed by atoms with Crippen molar-refractivity contribution in [1.82, 2.24) is 14.8 Å². The van der Waals surface area contributed by atoms with E-state index in [4.69, 9.17) is 4.42 Å². The van der Waals surface area contributed by atoms with Crippen LogP contribution in [0.4, 0.5) is 0 Å². The number of oxazole rings is 1. The van der Waals surface area contributed by atoms with Crippen LogP contribution in [0.3, 0.4) is 0 Å². The van der Waals surface area contributed by atoms with Gasteiger partial charge in [-0.25, -0.2) is 0 Å². The molecule has 0 unspecified atom stereocenters. The summed E-state index contributed by atoms with van der Waals surface area (Å²) in [6.45, 7) is 1.90. The first-order chi connectivity index (χ1) is 11.7. The van der Waals surface area contributed by atoms with Gasteiger partial charge in [-0.15, -0.1) is 0 Å². The summed E-state index contributed by atoms with van der Waals surface area (Å²) in [5.74, 6) is 0.